The van der Waals surface area contributed by atoms with Gasteiger partial charge in [-0.25, -0.2) is 4.98 Å². The minimum absolute atomic E-state index is 0.645. The van der Waals surface area contributed by atoms with Gasteiger partial charge in [-0.1, -0.05) is 12.5 Å². The second-order valence-corrected chi connectivity index (χ2v) is 6.55. The number of aromatic nitrogens is 3. The lowest BCUT2D eigenvalue weighted by molar-refractivity contribution is 0.127. The van der Waals surface area contributed by atoms with E-state index in [4.69, 9.17) is 4.74 Å². The predicted molar refractivity (Wildman–Crippen MR) is 94.7 cm³/mol. The Balaban J connectivity index is 1.59. The highest BCUT2D eigenvalue weighted by Crippen LogP contribution is 2.23. The SMILES string of the molecule is COCCn1cncc1CN1CCCCC1CCc1ccccn1. The molecule has 0 amide bonds. The smallest absolute Gasteiger partial charge is 0.0949 e. The van der Waals surface area contributed by atoms with Gasteiger partial charge in [0.1, 0.15) is 0 Å². The number of rotatable bonds is 8. The van der Waals surface area contributed by atoms with Gasteiger partial charge in [-0.05, 0) is 44.4 Å². The third kappa shape index (κ3) is 4.65. The van der Waals surface area contributed by atoms with Crippen LogP contribution in [-0.2, 0) is 24.2 Å². The Hall–Kier alpha value is -1.72. The largest absolute Gasteiger partial charge is 0.383 e. The van der Waals surface area contributed by atoms with E-state index in [9.17, 15) is 0 Å². The first-order valence-electron chi connectivity index (χ1n) is 8.98. The number of hydrogen-bond acceptors (Lipinski definition) is 4. The fourth-order valence-electron chi connectivity index (χ4n) is 3.53. The van der Waals surface area contributed by atoms with Gasteiger partial charge in [0.05, 0.1) is 18.6 Å². The Morgan fingerprint density at radius 3 is 3.08 bits per heavy atom. The van der Waals surface area contributed by atoms with Crippen LogP contribution in [0.25, 0.3) is 0 Å². The topological polar surface area (TPSA) is 43.2 Å². The first-order chi connectivity index (χ1) is 11.9. The van der Waals surface area contributed by atoms with Crippen molar-refractivity contribution < 1.29 is 4.74 Å². The van der Waals surface area contributed by atoms with Gasteiger partial charge in [-0.15, -0.1) is 0 Å². The van der Waals surface area contributed by atoms with E-state index >= 15 is 0 Å². The Kier molecular flexibility index (Phi) is 6.38. The Morgan fingerprint density at radius 2 is 2.25 bits per heavy atom. The summed E-state index contributed by atoms with van der Waals surface area (Å²) in [5.74, 6) is 0. The lowest BCUT2D eigenvalue weighted by atomic mass is 9.97. The first-order valence-corrected chi connectivity index (χ1v) is 8.98. The van der Waals surface area contributed by atoms with Crippen LogP contribution in [-0.4, -0.2) is 45.7 Å². The standard InChI is InChI=1S/C19H28N4O/c1-24-13-12-23-16-20-14-19(23)15-22-11-5-3-7-18(22)9-8-17-6-2-4-10-21-17/h2,4,6,10,14,16,18H,3,5,7-9,11-13,15H2,1H3. The summed E-state index contributed by atoms with van der Waals surface area (Å²) >= 11 is 0. The summed E-state index contributed by atoms with van der Waals surface area (Å²) in [7, 11) is 1.74. The van der Waals surface area contributed by atoms with E-state index in [0.717, 1.165) is 26.1 Å². The highest BCUT2D eigenvalue weighted by atomic mass is 16.5. The molecular formula is C19H28N4O. The van der Waals surface area contributed by atoms with Crippen molar-refractivity contribution in [3.05, 3.63) is 48.3 Å². The summed E-state index contributed by atoms with van der Waals surface area (Å²) in [6, 6.07) is 6.84. The number of aryl methyl sites for hydroxylation is 1. The number of imidazole rings is 1. The molecule has 0 aromatic carbocycles. The first kappa shape index (κ1) is 17.1. The molecule has 0 spiro atoms. The number of ether oxygens (including phenoxy) is 1. The zero-order valence-electron chi connectivity index (χ0n) is 14.6. The summed E-state index contributed by atoms with van der Waals surface area (Å²) in [4.78, 5) is 11.4. The third-order valence-corrected chi connectivity index (χ3v) is 4.91. The second kappa shape index (κ2) is 8.94. The van der Waals surface area contributed by atoms with Crippen LogP contribution in [0.3, 0.4) is 0 Å². The molecule has 1 atom stereocenters. The summed E-state index contributed by atoms with van der Waals surface area (Å²) in [5, 5.41) is 0. The molecule has 5 nitrogen and oxygen atoms in total. The third-order valence-electron chi connectivity index (χ3n) is 4.91. The molecule has 1 saturated heterocycles. The molecule has 3 heterocycles. The molecule has 0 saturated carbocycles. The highest BCUT2D eigenvalue weighted by molar-refractivity contribution is 5.04. The molecule has 0 radical (unpaired) electrons. The van der Waals surface area contributed by atoms with Crippen LogP contribution in [0.2, 0.25) is 0 Å². The van der Waals surface area contributed by atoms with Crippen molar-refractivity contribution in [2.45, 2.75) is 51.2 Å². The van der Waals surface area contributed by atoms with Crippen LogP contribution in [0.5, 0.6) is 0 Å². The maximum absolute atomic E-state index is 5.20. The second-order valence-electron chi connectivity index (χ2n) is 6.55. The van der Waals surface area contributed by atoms with Gasteiger partial charge in [0.2, 0.25) is 0 Å². The molecule has 3 rings (SSSR count). The number of nitrogens with zero attached hydrogens (tertiary/aromatic N) is 4. The van der Waals surface area contributed by atoms with E-state index in [1.54, 1.807) is 7.11 Å². The van der Waals surface area contributed by atoms with E-state index in [1.165, 1.54) is 43.6 Å². The van der Waals surface area contributed by atoms with Gasteiger partial charge < -0.3 is 9.30 Å². The molecule has 24 heavy (non-hydrogen) atoms. The quantitative estimate of drug-likeness (QED) is 0.747. The van der Waals surface area contributed by atoms with Crippen LogP contribution in [0.1, 0.15) is 37.1 Å². The van der Waals surface area contributed by atoms with Gasteiger partial charge in [0, 0.05) is 44.3 Å². The van der Waals surface area contributed by atoms with E-state index < -0.39 is 0 Å². The number of hydrogen-bond donors (Lipinski definition) is 0. The Labute approximate surface area is 144 Å². The predicted octanol–water partition coefficient (Wildman–Crippen LogP) is 2.91. The molecular weight excluding hydrogens is 300 g/mol. The molecule has 0 N–H and O–H groups in total. The summed E-state index contributed by atoms with van der Waals surface area (Å²) in [5.41, 5.74) is 2.49. The van der Waals surface area contributed by atoms with Crippen molar-refractivity contribution in [1.82, 2.24) is 19.4 Å². The fraction of sp³-hybridized carbons (Fsp3) is 0.579. The maximum atomic E-state index is 5.20. The number of piperidine rings is 1. The fourth-order valence-corrected chi connectivity index (χ4v) is 3.53. The zero-order chi connectivity index (χ0) is 16.6. The molecule has 1 aliphatic rings. The van der Waals surface area contributed by atoms with Gasteiger partial charge in [0.25, 0.3) is 0 Å². The van der Waals surface area contributed by atoms with Gasteiger partial charge >= 0.3 is 0 Å². The molecule has 2 aromatic heterocycles. The zero-order valence-corrected chi connectivity index (χ0v) is 14.6. The Bertz CT molecular complexity index is 598. The monoisotopic (exact) mass is 328 g/mol. The number of likely N-dealkylation sites (tertiary alicyclic amines) is 1. The van der Waals surface area contributed by atoms with Crippen LogP contribution >= 0.6 is 0 Å². The summed E-state index contributed by atoms with van der Waals surface area (Å²) < 4.78 is 7.42. The number of methoxy groups -OCH3 is 1. The summed E-state index contributed by atoms with van der Waals surface area (Å²) in [6.07, 6.45) is 12.0. The average Bonchev–Trinajstić information content (AvgIpc) is 3.07. The lowest BCUT2D eigenvalue weighted by Crippen LogP contribution is -2.39. The van der Waals surface area contributed by atoms with E-state index in [1.807, 2.05) is 24.8 Å². The van der Waals surface area contributed by atoms with Crippen LogP contribution in [0, 0.1) is 0 Å². The van der Waals surface area contributed by atoms with E-state index in [0.29, 0.717) is 6.04 Å². The highest BCUT2D eigenvalue weighted by Gasteiger charge is 2.23. The van der Waals surface area contributed by atoms with Gasteiger partial charge in [0.15, 0.2) is 0 Å². The molecule has 5 heteroatoms. The molecule has 2 aromatic rings. The number of pyridine rings is 1. The molecule has 1 aliphatic heterocycles. The Morgan fingerprint density at radius 1 is 1.29 bits per heavy atom. The van der Waals surface area contributed by atoms with Crippen molar-refractivity contribution in [3.63, 3.8) is 0 Å². The summed E-state index contributed by atoms with van der Waals surface area (Å²) in [6.45, 7) is 3.77. The molecule has 0 bridgehead atoms. The minimum Gasteiger partial charge on any atom is -0.383 e. The van der Waals surface area contributed by atoms with Crippen molar-refractivity contribution in [1.29, 1.82) is 0 Å². The van der Waals surface area contributed by atoms with Crippen molar-refractivity contribution in [2.75, 3.05) is 20.3 Å². The molecule has 0 aliphatic carbocycles. The van der Waals surface area contributed by atoms with Crippen LogP contribution in [0.4, 0.5) is 0 Å². The lowest BCUT2D eigenvalue weighted by Gasteiger charge is -2.36. The molecule has 1 fully saturated rings. The van der Waals surface area contributed by atoms with E-state index in [-0.39, 0.29) is 0 Å². The van der Waals surface area contributed by atoms with Gasteiger partial charge in [-0.2, -0.15) is 0 Å². The molecule has 1 unspecified atom stereocenters. The van der Waals surface area contributed by atoms with E-state index in [2.05, 4.69) is 31.6 Å². The normalized spacial score (nSPS) is 18.8. The van der Waals surface area contributed by atoms with Crippen molar-refractivity contribution >= 4 is 0 Å². The van der Waals surface area contributed by atoms with Crippen LogP contribution < -0.4 is 0 Å². The minimum atomic E-state index is 0.645. The van der Waals surface area contributed by atoms with Gasteiger partial charge in [-0.3, -0.25) is 9.88 Å². The maximum Gasteiger partial charge on any atom is 0.0949 e. The van der Waals surface area contributed by atoms with Crippen molar-refractivity contribution in [3.8, 4) is 0 Å². The average molecular weight is 328 g/mol. The molecule has 130 valence electrons. The van der Waals surface area contributed by atoms with Crippen molar-refractivity contribution in [2.24, 2.45) is 0 Å². The van der Waals surface area contributed by atoms with Crippen LogP contribution in [0.15, 0.2) is 36.9 Å².